The van der Waals surface area contributed by atoms with Crippen LogP contribution in [0.3, 0.4) is 0 Å². The Balaban J connectivity index is 1.67. The second-order valence-electron chi connectivity index (χ2n) is 4.30. The van der Waals surface area contributed by atoms with Gasteiger partial charge in [-0.15, -0.1) is 16.4 Å². The number of hydrazine groups is 1. The van der Waals surface area contributed by atoms with Crippen molar-refractivity contribution in [1.82, 2.24) is 31.1 Å². The molecule has 116 valence electrons. The van der Waals surface area contributed by atoms with Crippen molar-refractivity contribution in [2.45, 2.75) is 0 Å². The third-order valence-electron chi connectivity index (χ3n) is 2.84. The van der Waals surface area contributed by atoms with Gasteiger partial charge in [0, 0.05) is 10.0 Å². The Kier molecular flexibility index (Phi) is 4.44. The van der Waals surface area contributed by atoms with Gasteiger partial charge in [-0.3, -0.25) is 20.4 Å². The zero-order chi connectivity index (χ0) is 16.2. The van der Waals surface area contributed by atoms with Crippen LogP contribution >= 0.6 is 27.3 Å². The lowest BCUT2D eigenvalue weighted by atomic mass is 10.2. The molecule has 0 saturated carbocycles. The van der Waals surface area contributed by atoms with E-state index < -0.39 is 11.8 Å². The molecule has 0 radical (unpaired) electrons. The van der Waals surface area contributed by atoms with E-state index in [-0.39, 0.29) is 0 Å². The molecule has 0 bridgehead atoms. The normalized spacial score (nSPS) is 10.3. The van der Waals surface area contributed by atoms with Crippen molar-refractivity contribution in [2.75, 3.05) is 0 Å². The van der Waals surface area contributed by atoms with Crippen molar-refractivity contribution in [3.63, 3.8) is 0 Å². The molecule has 2 heterocycles. The number of halogens is 1. The smallest absolute Gasteiger partial charge is 0.267 e. The summed E-state index contributed by atoms with van der Waals surface area (Å²) >= 11 is 4.51. The SMILES string of the molecule is O=C(NNC(=O)c1sccc1-n1cnnn1)c1ccc(Br)cc1. The Labute approximate surface area is 142 Å². The number of hydrogen-bond acceptors (Lipinski definition) is 6. The van der Waals surface area contributed by atoms with Crippen LogP contribution in [0.15, 0.2) is 46.5 Å². The summed E-state index contributed by atoms with van der Waals surface area (Å²) in [5.41, 5.74) is 5.72. The Morgan fingerprint density at radius 2 is 1.83 bits per heavy atom. The highest BCUT2D eigenvalue weighted by Gasteiger charge is 2.16. The lowest BCUT2D eigenvalue weighted by Crippen LogP contribution is -2.41. The molecule has 10 heteroatoms. The van der Waals surface area contributed by atoms with E-state index >= 15 is 0 Å². The van der Waals surface area contributed by atoms with Gasteiger partial charge in [0.1, 0.15) is 11.2 Å². The zero-order valence-corrected chi connectivity index (χ0v) is 13.8. The summed E-state index contributed by atoms with van der Waals surface area (Å²) in [6.07, 6.45) is 1.39. The van der Waals surface area contributed by atoms with E-state index in [0.29, 0.717) is 16.1 Å². The number of nitrogens with zero attached hydrogens (tertiary/aromatic N) is 4. The van der Waals surface area contributed by atoms with E-state index in [2.05, 4.69) is 42.3 Å². The van der Waals surface area contributed by atoms with Gasteiger partial charge in [0.05, 0.1) is 5.69 Å². The number of nitrogens with one attached hydrogen (secondary N) is 2. The molecule has 0 spiro atoms. The molecule has 8 nitrogen and oxygen atoms in total. The predicted octanol–water partition coefficient (Wildman–Crippen LogP) is 1.56. The maximum absolute atomic E-state index is 12.2. The van der Waals surface area contributed by atoms with Crippen molar-refractivity contribution in [3.05, 3.63) is 57.0 Å². The minimum atomic E-state index is -0.448. The minimum absolute atomic E-state index is 0.383. The van der Waals surface area contributed by atoms with Crippen LogP contribution in [0, 0.1) is 0 Å². The van der Waals surface area contributed by atoms with Crippen LogP contribution in [0.25, 0.3) is 5.69 Å². The molecule has 0 saturated heterocycles. The highest BCUT2D eigenvalue weighted by Crippen LogP contribution is 2.19. The second-order valence-corrected chi connectivity index (χ2v) is 6.14. The first-order chi connectivity index (χ1) is 11.1. The topological polar surface area (TPSA) is 102 Å². The average molecular weight is 393 g/mol. The molecule has 0 fully saturated rings. The molecule has 2 aromatic heterocycles. The van der Waals surface area contributed by atoms with Crippen LogP contribution in [0.2, 0.25) is 0 Å². The highest BCUT2D eigenvalue weighted by molar-refractivity contribution is 9.10. The van der Waals surface area contributed by atoms with Crippen LogP contribution in [0.4, 0.5) is 0 Å². The number of hydrogen-bond donors (Lipinski definition) is 2. The van der Waals surface area contributed by atoms with Crippen molar-refractivity contribution in [1.29, 1.82) is 0 Å². The predicted molar refractivity (Wildman–Crippen MR) is 86.1 cm³/mol. The molecule has 2 N–H and O–H groups in total. The van der Waals surface area contributed by atoms with Gasteiger partial charge in [-0.1, -0.05) is 15.9 Å². The zero-order valence-electron chi connectivity index (χ0n) is 11.4. The summed E-state index contributed by atoms with van der Waals surface area (Å²) in [5, 5.41) is 12.5. The lowest BCUT2D eigenvalue weighted by Gasteiger charge is -2.07. The maximum Gasteiger partial charge on any atom is 0.281 e. The van der Waals surface area contributed by atoms with Crippen LogP contribution in [0.5, 0.6) is 0 Å². The van der Waals surface area contributed by atoms with Gasteiger partial charge in [0.25, 0.3) is 11.8 Å². The molecule has 2 amide bonds. The molecular weight excluding hydrogens is 384 g/mol. The molecule has 0 aliphatic rings. The summed E-state index contributed by atoms with van der Waals surface area (Å²) < 4.78 is 2.24. The summed E-state index contributed by atoms with van der Waals surface area (Å²) in [7, 11) is 0. The van der Waals surface area contributed by atoms with E-state index in [4.69, 9.17) is 0 Å². The monoisotopic (exact) mass is 392 g/mol. The average Bonchev–Trinajstić information content (AvgIpc) is 3.23. The minimum Gasteiger partial charge on any atom is -0.267 e. The number of amides is 2. The molecule has 0 unspecified atom stereocenters. The van der Waals surface area contributed by atoms with Crippen molar-refractivity contribution in [3.8, 4) is 5.69 Å². The van der Waals surface area contributed by atoms with Gasteiger partial charge < -0.3 is 0 Å². The van der Waals surface area contributed by atoms with Gasteiger partial charge in [-0.05, 0) is 46.1 Å². The number of rotatable bonds is 3. The quantitative estimate of drug-likeness (QED) is 0.658. The third kappa shape index (κ3) is 3.43. The van der Waals surface area contributed by atoms with E-state index in [9.17, 15) is 9.59 Å². The molecule has 1 aromatic carbocycles. The van der Waals surface area contributed by atoms with Gasteiger partial charge in [0.15, 0.2) is 0 Å². The van der Waals surface area contributed by atoms with E-state index in [1.165, 1.54) is 22.3 Å². The Bertz CT molecular complexity index is 831. The number of tetrazole rings is 1. The second kappa shape index (κ2) is 6.67. The molecule has 0 aliphatic carbocycles. The summed E-state index contributed by atoms with van der Waals surface area (Å²) in [4.78, 5) is 24.6. The summed E-state index contributed by atoms with van der Waals surface area (Å²) in [6.45, 7) is 0. The Hall–Kier alpha value is -2.59. The van der Waals surface area contributed by atoms with Gasteiger partial charge >= 0.3 is 0 Å². The van der Waals surface area contributed by atoms with Crippen LogP contribution in [-0.4, -0.2) is 32.0 Å². The molecule has 0 atom stereocenters. The largest absolute Gasteiger partial charge is 0.281 e. The fraction of sp³-hybridized carbons (Fsp3) is 0. The number of carbonyl (C=O) groups excluding carboxylic acids is 2. The number of benzene rings is 1. The van der Waals surface area contributed by atoms with E-state index in [1.54, 1.807) is 35.7 Å². The van der Waals surface area contributed by atoms with Crippen molar-refractivity contribution < 1.29 is 9.59 Å². The van der Waals surface area contributed by atoms with Crippen LogP contribution < -0.4 is 10.9 Å². The molecular formula is C13H9BrN6O2S. The highest BCUT2D eigenvalue weighted by atomic mass is 79.9. The molecule has 3 rings (SSSR count). The van der Waals surface area contributed by atoms with Crippen LogP contribution in [0.1, 0.15) is 20.0 Å². The first-order valence-corrected chi connectivity index (χ1v) is 7.99. The summed E-state index contributed by atoms with van der Waals surface area (Å²) in [5.74, 6) is -0.859. The summed E-state index contributed by atoms with van der Waals surface area (Å²) in [6, 6.07) is 8.48. The van der Waals surface area contributed by atoms with Crippen molar-refractivity contribution in [2.24, 2.45) is 0 Å². The van der Waals surface area contributed by atoms with Crippen molar-refractivity contribution >= 4 is 39.1 Å². The van der Waals surface area contributed by atoms with E-state index in [0.717, 1.165) is 4.47 Å². The molecule has 3 aromatic rings. The standard InChI is InChI=1S/C13H9BrN6O2S/c14-9-3-1-8(2-4-9)12(21)16-17-13(22)11-10(5-6-23-11)20-7-15-18-19-20/h1-7H,(H,16,21)(H,17,22). The van der Waals surface area contributed by atoms with E-state index in [1.807, 2.05) is 0 Å². The van der Waals surface area contributed by atoms with Gasteiger partial charge in [-0.25, -0.2) is 0 Å². The maximum atomic E-state index is 12.2. The van der Waals surface area contributed by atoms with Gasteiger partial charge in [-0.2, -0.15) is 4.68 Å². The lowest BCUT2D eigenvalue weighted by molar-refractivity contribution is 0.0849. The third-order valence-corrected chi connectivity index (χ3v) is 4.27. The fourth-order valence-electron chi connectivity index (χ4n) is 1.77. The van der Waals surface area contributed by atoms with Crippen LogP contribution in [-0.2, 0) is 0 Å². The Morgan fingerprint density at radius 1 is 1.09 bits per heavy atom. The number of carbonyl (C=O) groups is 2. The number of aromatic nitrogens is 4. The fourth-order valence-corrected chi connectivity index (χ4v) is 2.81. The Morgan fingerprint density at radius 3 is 2.52 bits per heavy atom. The first-order valence-electron chi connectivity index (χ1n) is 6.32. The molecule has 23 heavy (non-hydrogen) atoms. The number of thiophene rings is 1. The first kappa shape index (κ1) is 15.3. The van der Waals surface area contributed by atoms with Gasteiger partial charge in [0.2, 0.25) is 0 Å². The molecule has 0 aliphatic heterocycles.